The zero-order valence-corrected chi connectivity index (χ0v) is 18.8. The number of amides is 4. The van der Waals surface area contributed by atoms with Gasteiger partial charge in [-0.2, -0.15) is 13.2 Å². The summed E-state index contributed by atoms with van der Waals surface area (Å²) in [4.78, 5) is 26.3. The number of halogens is 4. The Labute approximate surface area is 199 Å². The molecule has 0 heterocycles. The average Bonchev–Trinajstić information content (AvgIpc) is 2.79. The van der Waals surface area contributed by atoms with Gasteiger partial charge in [-0.3, -0.25) is 4.90 Å². The number of rotatable bonds is 7. The van der Waals surface area contributed by atoms with Gasteiger partial charge in [-0.25, -0.2) is 14.0 Å². The van der Waals surface area contributed by atoms with E-state index in [9.17, 15) is 27.2 Å². The number of hydrogen-bond acceptors (Lipinski definition) is 2. The summed E-state index contributed by atoms with van der Waals surface area (Å²) in [6.07, 6.45) is -4.23. The van der Waals surface area contributed by atoms with E-state index in [4.69, 9.17) is 0 Å². The lowest BCUT2D eigenvalue weighted by Gasteiger charge is -2.24. The first-order valence-electron chi connectivity index (χ1n) is 10.7. The summed E-state index contributed by atoms with van der Waals surface area (Å²) in [6.45, 7) is 2.23. The molecule has 3 rings (SSSR count). The summed E-state index contributed by atoms with van der Waals surface area (Å²) < 4.78 is 52.4. The van der Waals surface area contributed by atoms with Gasteiger partial charge in [0, 0.05) is 30.2 Å². The molecule has 0 atom stereocenters. The normalized spacial score (nSPS) is 11.0. The van der Waals surface area contributed by atoms with Gasteiger partial charge >= 0.3 is 18.2 Å². The molecule has 6 nitrogen and oxygen atoms in total. The first-order chi connectivity index (χ1) is 16.6. The Bertz CT molecular complexity index is 1170. The van der Waals surface area contributed by atoms with Crippen LogP contribution in [0.5, 0.6) is 0 Å². The summed E-state index contributed by atoms with van der Waals surface area (Å²) >= 11 is 0. The maximum Gasteiger partial charge on any atom is 0.416 e. The molecule has 0 aliphatic heterocycles. The van der Waals surface area contributed by atoms with E-state index in [2.05, 4.69) is 16.0 Å². The molecule has 3 N–H and O–H groups in total. The fourth-order valence-electron chi connectivity index (χ4n) is 3.27. The SMILES string of the molecule is Cc1cccc(NC(=O)NCCCN(C(=O)Nc2cccc(C(F)(F)F)c2)c2ccc(F)cc2)c1. The zero-order chi connectivity index (χ0) is 25.4. The quantitative estimate of drug-likeness (QED) is 0.266. The molecule has 3 aromatic carbocycles. The second-order valence-electron chi connectivity index (χ2n) is 7.74. The molecule has 0 unspecified atom stereocenters. The highest BCUT2D eigenvalue weighted by atomic mass is 19.4. The highest BCUT2D eigenvalue weighted by molar-refractivity contribution is 6.01. The molecule has 0 spiro atoms. The Kier molecular flexibility index (Phi) is 8.30. The number of nitrogens with zero attached hydrogens (tertiary/aromatic N) is 1. The van der Waals surface area contributed by atoms with Gasteiger partial charge in [0.2, 0.25) is 0 Å². The van der Waals surface area contributed by atoms with Crippen LogP contribution in [0.4, 0.5) is 44.2 Å². The molecule has 0 radical (unpaired) electrons. The van der Waals surface area contributed by atoms with Crippen LogP contribution in [0.2, 0.25) is 0 Å². The fraction of sp³-hybridized carbons (Fsp3) is 0.200. The summed E-state index contributed by atoms with van der Waals surface area (Å²) in [5.74, 6) is -0.499. The van der Waals surface area contributed by atoms with Crippen molar-refractivity contribution in [3.63, 3.8) is 0 Å². The molecular formula is C25H24F4N4O2. The molecule has 184 valence electrons. The van der Waals surface area contributed by atoms with Crippen molar-refractivity contribution in [2.75, 3.05) is 28.6 Å². The van der Waals surface area contributed by atoms with Gasteiger partial charge < -0.3 is 16.0 Å². The van der Waals surface area contributed by atoms with Gasteiger partial charge in [0.1, 0.15) is 5.82 Å². The average molecular weight is 488 g/mol. The molecule has 0 saturated heterocycles. The van der Waals surface area contributed by atoms with E-state index >= 15 is 0 Å². The largest absolute Gasteiger partial charge is 0.416 e. The van der Waals surface area contributed by atoms with Crippen LogP contribution in [0.25, 0.3) is 0 Å². The number of alkyl halides is 3. The first-order valence-corrected chi connectivity index (χ1v) is 10.7. The Balaban J connectivity index is 1.62. The second kappa shape index (κ2) is 11.4. The highest BCUT2D eigenvalue weighted by Gasteiger charge is 2.30. The van der Waals surface area contributed by atoms with Gasteiger partial charge in [0.25, 0.3) is 0 Å². The van der Waals surface area contributed by atoms with Crippen LogP contribution in [-0.4, -0.2) is 25.2 Å². The number of aryl methyl sites for hydroxylation is 1. The number of carbonyl (C=O) groups excluding carboxylic acids is 2. The zero-order valence-electron chi connectivity index (χ0n) is 18.8. The number of carbonyl (C=O) groups is 2. The monoisotopic (exact) mass is 488 g/mol. The van der Waals surface area contributed by atoms with Crippen molar-refractivity contribution in [2.24, 2.45) is 0 Å². The van der Waals surface area contributed by atoms with Crippen molar-refractivity contribution < 1.29 is 27.2 Å². The molecule has 0 fully saturated rings. The fourth-order valence-corrected chi connectivity index (χ4v) is 3.27. The first kappa shape index (κ1) is 25.5. The lowest BCUT2D eigenvalue weighted by atomic mass is 10.2. The minimum atomic E-state index is -4.55. The van der Waals surface area contributed by atoms with Crippen LogP contribution in [-0.2, 0) is 6.18 Å². The minimum absolute atomic E-state index is 0.0346. The minimum Gasteiger partial charge on any atom is -0.338 e. The molecule has 3 aromatic rings. The van der Waals surface area contributed by atoms with Crippen molar-refractivity contribution >= 4 is 29.1 Å². The van der Waals surface area contributed by atoms with E-state index in [0.29, 0.717) is 17.8 Å². The Morgan fingerprint density at radius 3 is 2.20 bits per heavy atom. The van der Waals surface area contributed by atoms with E-state index in [1.165, 1.54) is 41.3 Å². The molecular weight excluding hydrogens is 464 g/mol. The second-order valence-corrected chi connectivity index (χ2v) is 7.74. The third kappa shape index (κ3) is 7.73. The molecule has 35 heavy (non-hydrogen) atoms. The maximum atomic E-state index is 13.4. The predicted molar refractivity (Wildman–Crippen MR) is 127 cm³/mol. The lowest BCUT2D eigenvalue weighted by Crippen LogP contribution is -2.38. The Hall–Kier alpha value is -4.08. The standard InChI is InChI=1S/C25H24F4N4O2/c1-17-5-2-7-20(15-17)31-23(34)30-13-4-14-33(22-11-9-19(26)10-12-22)24(35)32-21-8-3-6-18(16-21)25(27,28)29/h2-3,5-12,15-16H,4,13-14H2,1H3,(H,32,35)(H2,30,31,34). The topological polar surface area (TPSA) is 73.5 Å². The smallest absolute Gasteiger partial charge is 0.338 e. The van der Waals surface area contributed by atoms with Crippen LogP contribution in [0.3, 0.4) is 0 Å². The van der Waals surface area contributed by atoms with Gasteiger partial charge in [-0.15, -0.1) is 0 Å². The molecule has 0 aromatic heterocycles. The summed E-state index contributed by atoms with van der Waals surface area (Å²) in [5, 5.41) is 7.84. The Morgan fingerprint density at radius 2 is 1.54 bits per heavy atom. The van der Waals surface area contributed by atoms with Gasteiger partial charge in [-0.05, 0) is 73.5 Å². The van der Waals surface area contributed by atoms with Crippen molar-refractivity contribution in [1.82, 2.24) is 5.32 Å². The number of anilines is 3. The van der Waals surface area contributed by atoms with Gasteiger partial charge in [0.05, 0.1) is 5.56 Å². The van der Waals surface area contributed by atoms with E-state index in [-0.39, 0.29) is 18.8 Å². The number of hydrogen-bond donors (Lipinski definition) is 3. The molecule has 0 saturated carbocycles. The molecule has 0 bridgehead atoms. The van der Waals surface area contributed by atoms with E-state index in [1.807, 2.05) is 25.1 Å². The van der Waals surface area contributed by atoms with E-state index in [0.717, 1.165) is 17.7 Å². The summed E-state index contributed by atoms with van der Waals surface area (Å²) in [7, 11) is 0. The maximum absolute atomic E-state index is 13.4. The lowest BCUT2D eigenvalue weighted by molar-refractivity contribution is -0.137. The number of benzene rings is 3. The molecule has 4 amide bonds. The van der Waals surface area contributed by atoms with Gasteiger partial charge in [-0.1, -0.05) is 18.2 Å². The third-order valence-corrected chi connectivity index (χ3v) is 4.94. The molecule has 0 aliphatic carbocycles. The van der Waals surface area contributed by atoms with Crippen LogP contribution in [0.15, 0.2) is 72.8 Å². The Morgan fingerprint density at radius 1 is 0.886 bits per heavy atom. The molecule has 0 aliphatic rings. The molecule has 10 heteroatoms. The predicted octanol–water partition coefficient (Wildman–Crippen LogP) is 6.40. The summed E-state index contributed by atoms with van der Waals surface area (Å²) in [6, 6.07) is 15.6. The van der Waals surface area contributed by atoms with Crippen LogP contribution in [0, 0.1) is 12.7 Å². The van der Waals surface area contributed by atoms with E-state index in [1.54, 1.807) is 6.07 Å². The van der Waals surface area contributed by atoms with Crippen molar-refractivity contribution in [1.29, 1.82) is 0 Å². The number of urea groups is 2. The summed E-state index contributed by atoms with van der Waals surface area (Å²) in [5.41, 5.74) is 1.04. The highest BCUT2D eigenvalue weighted by Crippen LogP contribution is 2.30. The van der Waals surface area contributed by atoms with E-state index < -0.39 is 29.6 Å². The third-order valence-electron chi connectivity index (χ3n) is 4.94. The number of nitrogens with one attached hydrogen (secondary N) is 3. The van der Waals surface area contributed by atoms with Crippen molar-refractivity contribution in [3.05, 3.63) is 89.7 Å². The van der Waals surface area contributed by atoms with Crippen molar-refractivity contribution in [3.8, 4) is 0 Å². The van der Waals surface area contributed by atoms with Crippen LogP contribution in [0.1, 0.15) is 17.5 Å². The van der Waals surface area contributed by atoms with Crippen molar-refractivity contribution in [2.45, 2.75) is 19.5 Å². The van der Waals surface area contributed by atoms with Crippen LogP contribution >= 0.6 is 0 Å². The van der Waals surface area contributed by atoms with Gasteiger partial charge in [0.15, 0.2) is 0 Å². The van der Waals surface area contributed by atoms with Crippen LogP contribution < -0.4 is 20.9 Å².